The Balaban J connectivity index is 2.28. The molecule has 2 rings (SSSR count). The summed E-state index contributed by atoms with van der Waals surface area (Å²) in [5.74, 6) is -0.526. The van der Waals surface area contributed by atoms with Crippen molar-refractivity contribution in [3.8, 4) is 6.07 Å². The van der Waals surface area contributed by atoms with Crippen molar-refractivity contribution in [3.05, 3.63) is 23.4 Å². The number of pyridine rings is 1. The molecular weight excluding hydrogens is 230 g/mol. The number of carboxylic acids is 1. The predicted octanol–water partition coefficient (Wildman–Crippen LogP) is 1.56. The van der Waals surface area contributed by atoms with Crippen molar-refractivity contribution in [2.24, 2.45) is 5.92 Å². The number of hydrogen-bond donors (Lipinski definition) is 1. The van der Waals surface area contributed by atoms with Crippen molar-refractivity contribution >= 4 is 11.8 Å². The molecule has 1 aliphatic heterocycles. The van der Waals surface area contributed by atoms with Gasteiger partial charge in [-0.3, -0.25) is 4.79 Å². The summed E-state index contributed by atoms with van der Waals surface area (Å²) in [6.45, 7) is 3.05. The standard InChI is InChI=1S/C13H15N3O2/c1-9-4-5-10(7-14)12(15-9)16-6-2-3-11(8-16)13(17)18/h4-5,11H,2-3,6,8H2,1H3,(H,17,18). The highest BCUT2D eigenvalue weighted by atomic mass is 16.4. The third kappa shape index (κ3) is 2.43. The second-order valence-corrected chi connectivity index (χ2v) is 4.56. The van der Waals surface area contributed by atoms with Crippen LogP contribution in [0.5, 0.6) is 0 Å². The highest BCUT2D eigenvalue weighted by Gasteiger charge is 2.27. The number of anilines is 1. The summed E-state index contributed by atoms with van der Waals surface area (Å²) in [4.78, 5) is 17.3. The zero-order valence-corrected chi connectivity index (χ0v) is 10.3. The molecule has 0 radical (unpaired) electrons. The maximum absolute atomic E-state index is 11.0. The zero-order valence-electron chi connectivity index (χ0n) is 10.3. The minimum absolute atomic E-state index is 0.368. The van der Waals surface area contributed by atoms with Gasteiger partial charge in [-0.1, -0.05) is 0 Å². The van der Waals surface area contributed by atoms with Crippen LogP contribution in [0, 0.1) is 24.2 Å². The lowest BCUT2D eigenvalue weighted by Crippen LogP contribution is -2.39. The molecule has 1 N–H and O–H groups in total. The first-order chi connectivity index (χ1) is 8.61. The zero-order chi connectivity index (χ0) is 13.1. The lowest BCUT2D eigenvalue weighted by molar-refractivity contribution is -0.141. The molecule has 0 aromatic carbocycles. The van der Waals surface area contributed by atoms with Gasteiger partial charge in [0.15, 0.2) is 0 Å². The quantitative estimate of drug-likeness (QED) is 0.855. The SMILES string of the molecule is Cc1ccc(C#N)c(N2CCCC(C(=O)O)C2)n1. The Morgan fingerprint density at radius 1 is 1.61 bits per heavy atom. The molecule has 5 nitrogen and oxygen atoms in total. The van der Waals surface area contributed by atoms with E-state index >= 15 is 0 Å². The first-order valence-electron chi connectivity index (χ1n) is 5.97. The van der Waals surface area contributed by atoms with Crippen LogP contribution >= 0.6 is 0 Å². The number of aliphatic carboxylic acids is 1. The third-order valence-corrected chi connectivity index (χ3v) is 3.20. The van der Waals surface area contributed by atoms with E-state index in [9.17, 15) is 4.79 Å². The van der Waals surface area contributed by atoms with E-state index in [2.05, 4.69) is 11.1 Å². The molecule has 1 saturated heterocycles. The van der Waals surface area contributed by atoms with E-state index in [1.165, 1.54) is 0 Å². The van der Waals surface area contributed by atoms with Crippen molar-refractivity contribution in [3.63, 3.8) is 0 Å². The molecule has 94 valence electrons. The largest absolute Gasteiger partial charge is 0.481 e. The number of rotatable bonds is 2. The second-order valence-electron chi connectivity index (χ2n) is 4.56. The smallest absolute Gasteiger partial charge is 0.308 e. The summed E-state index contributed by atoms with van der Waals surface area (Å²) in [5, 5.41) is 18.2. The lowest BCUT2D eigenvalue weighted by atomic mass is 9.98. The van der Waals surface area contributed by atoms with Crippen LogP contribution in [0.4, 0.5) is 5.82 Å². The summed E-state index contributed by atoms with van der Waals surface area (Å²) in [7, 11) is 0. The van der Waals surface area contributed by atoms with Gasteiger partial charge in [-0.15, -0.1) is 0 Å². The third-order valence-electron chi connectivity index (χ3n) is 3.20. The summed E-state index contributed by atoms with van der Waals surface area (Å²) < 4.78 is 0. The van der Waals surface area contributed by atoms with Crippen LogP contribution in [0.3, 0.4) is 0 Å². The highest BCUT2D eigenvalue weighted by molar-refractivity contribution is 5.71. The number of piperidine rings is 1. The fourth-order valence-electron chi connectivity index (χ4n) is 2.24. The van der Waals surface area contributed by atoms with E-state index in [0.29, 0.717) is 24.3 Å². The van der Waals surface area contributed by atoms with Crippen molar-refractivity contribution in [1.82, 2.24) is 4.98 Å². The van der Waals surface area contributed by atoms with E-state index in [0.717, 1.165) is 18.7 Å². The second kappa shape index (κ2) is 5.05. The topological polar surface area (TPSA) is 77.2 Å². The molecule has 18 heavy (non-hydrogen) atoms. The van der Waals surface area contributed by atoms with Crippen molar-refractivity contribution in [2.75, 3.05) is 18.0 Å². The van der Waals surface area contributed by atoms with Crippen molar-refractivity contribution in [2.45, 2.75) is 19.8 Å². The molecule has 1 aromatic heterocycles. The van der Waals surface area contributed by atoms with Crippen molar-refractivity contribution in [1.29, 1.82) is 5.26 Å². The average molecular weight is 245 g/mol. The molecule has 1 unspecified atom stereocenters. The molecule has 2 heterocycles. The van der Waals surface area contributed by atoms with Gasteiger partial charge >= 0.3 is 5.97 Å². The van der Waals surface area contributed by atoms with Crippen LogP contribution in [0.2, 0.25) is 0 Å². The van der Waals surface area contributed by atoms with E-state index < -0.39 is 5.97 Å². The highest BCUT2D eigenvalue weighted by Crippen LogP contribution is 2.24. The van der Waals surface area contributed by atoms with Crippen LogP contribution in [0.1, 0.15) is 24.1 Å². The van der Waals surface area contributed by atoms with E-state index in [-0.39, 0.29) is 5.92 Å². The summed E-state index contributed by atoms with van der Waals surface area (Å²) >= 11 is 0. The van der Waals surface area contributed by atoms with Gasteiger partial charge in [0.2, 0.25) is 0 Å². The van der Waals surface area contributed by atoms with E-state index in [4.69, 9.17) is 10.4 Å². The minimum atomic E-state index is -0.772. The molecule has 0 saturated carbocycles. The van der Waals surface area contributed by atoms with Crippen LogP contribution in [-0.2, 0) is 4.79 Å². The van der Waals surface area contributed by atoms with E-state index in [1.807, 2.05) is 11.8 Å². The predicted molar refractivity (Wildman–Crippen MR) is 66.3 cm³/mol. The van der Waals surface area contributed by atoms with Crippen LogP contribution in [0.25, 0.3) is 0 Å². The van der Waals surface area contributed by atoms with Crippen LogP contribution in [-0.4, -0.2) is 29.1 Å². The normalized spacial score (nSPS) is 19.3. The van der Waals surface area contributed by atoms with Gasteiger partial charge < -0.3 is 10.0 Å². The Bertz CT molecular complexity index is 507. The minimum Gasteiger partial charge on any atom is -0.481 e. The Kier molecular flexibility index (Phi) is 3.47. The van der Waals surface area contributed by atoms with Gasteiger partial charge in [0.1, 0.15) is 11.9 Å². The van der Waals surface area contributed by atoms with Crippen molar-refractivity contribution < 1.29 is 9.90 Å². The molecule has 5 heteroatoms. The molecule has 0 amide bonds. The molecule has 0 aliphatic carbocycles. The Labute approximate surface area is 106 Å². The number of carboxylic acid groups (broad SMARTS) is 1. The van der Waals surface area contributed by atoms with Crippen LogP contribution < -0.4 is 4.90 Å². The number of hydrogen-bond acceptors (Lipinski definition) is 4. The molecular formula is C13H15N3O2. The van der Waals surface area contributed by atoms with Gasteiger partial charge in [0.05, 0.1) is 11.5 Å². The summed E-state index contributed by atoms with van der Waals surface area (Å²) in [6.07, 6.45) is 1.51. The van der Waals surface area contributed by atoms with Gasteiger partial charge in [-0.25, -0.2) is 4.98 Å². The maximum Gasteiger partial charge on any atom is 0.308 e. The molecule has 0 bridgehead atoms. The number of carbonyl (C=O) groups is 1. The average Bonchev–Trinajstić information content (AvgIpc) is 2.39. The first kappa shape index (κ1) is 12.4. The number of nitriles is 1. The van der Waals surface area contributed by atoms with Gasteiger partial charge in [0, 0.05) is 18.8 Å². The Morgan fingerprint density at radius 3 is 3.06 bits per heavy atom. The van der Waals surface area contributed by atoms with Crippen LogP contribution in [0.15, 0.2) is 12.1 Å². The maximum atomic E-state index is 11.0. The monoisotopic (exact) mass is 245 g/mol. The Morgan fingerprint density at radius 2 is 2.39 bits per heavy atom. The number of aryl methyl sites for hydroxylation is 1. The van der Waals surface area contributed by atoms with Gasteiger partial charge in [-0.2, -0.15) is 5.26 Å². The first-order valence-corrected chi connectivity index (χ1v) is 5.97. The molecule has 1 atom stereocenters. The number of aromatic nitrogens is 1. The van der Waals surface area contributed by atoms with Gasteiger partial charge in [0.25, 0.3) is 0 Å². The number of nitrogens with zero attached hydrogens (tertiary/aromatic N) is 3. The van der Waals surface area contributed by atoms with Gasteiger partial charge in [-0.05, 0) is 31.9 Å². The molecule has 1 fully saturated rings. The molecule has 1 aliphatic rings. The molecule has 1 aromatic rings. The Hall–Kier alpha value is -2.09. The lowest BCUT2D eigenvalue weighted by Gasteiger charge is -2.32. The molecule has 0 spiro atoms. The summed E-state index contributed by atoms with van der Waals surface area (Å²) in [5.41, 5.74) is 1.34. The fourth-order valence-corrected chi connectivity index (χ4v) is 2.24. The fraction of sp³-hybridized carbons (Fsp3) is 0.462. The van der Waals surface area contributed by atoms with E-state index in [1.54, 1.807) is 12.1 Å². The summed E-state index contributed by atoms with van der Waals surface area (Å²) in [6, 6.07) is 5.64.